The van der Waals surface area contributed by atoms with Crippen LogP contribution in [0.25, 0.3) is 0 Å². The Kier molecular flexibility index (Phi) is 3.03. The fourth-order valence-corrected chi connectivity index (χ4v) is 2.51. The van der Waals surface area contributed by atoms with Gasteiger partial charge in [0.25, 0.3) is 0 Å². The summed E-state index contributed by atoms with van der Waals surface area (Å²) in [5.41, 5.74) is 8.09. The molecule has 1 aliphatic carbocycles. The second-order valence-electron chi connectivity index (χ2n) is 4.39. The molecular formula is C11H18ClN3. The number of hydrogen-bond donors (Lipinski definition) is 1. The number of nitrogens with two attached hydrogens (primary N) is 1. The number of aromatic nitrogens is 2. The standard InChI is InChI=1S/C11H18ClN3/c1-3-9-11(12)10(15(2)14-9)6-7-4-5-8(7)13/h7-8H,3-6,13H2,1-2H3. The van der Waals surface area contributed by atoms with E-state index in [-0.39, 0.29) is 0 Å². The fraction of sp³-hybridized carbons (Fsp3) is 0.727. The van der Waals surface area contributed by atoms with E-state index in [0.717, 1.165) is 35.7 Å². The Morgan fingerprint density at radius 2 is 2.27 bits per heavy atom. The molecule has 2 unspecified atom stereocenters. The van der Waals surface area contributed by atoms with Crippen molar-refractivity contribution >= 4 is 11.6 Å². The van der Waals surface area contributed by atoms with Crippen molar-refractivity contribution in [2.24, 2.45) is 18.7 Å². The molecule has 1 aromatic heterocycles. The minimum atomic E-state index is 0.362. The summed E-state index contributed by atoms with van der Waals surface area (Å²) in [5, 5.41) is 5.26. The SMILES string of the molecule is CCc1nn(C)c(CC2CCC2N)c1Cl. The predicted molar refractivity (Wildman–Crippen MR) is 62.0 cm³/mol. The first-order valence-corrected chi connectivity index (χ1v) is 5.97. The second-order valence-corrected chi connectivity index (χ2v) is 4.77. The highest BCUT2D eigenvalue weighted by Crippen LogP contribution is 2.32. The quantitative estimate of drug-likeness (QED) is 0.858. The molecule has 1 saturated carbocycles. The van der Waals surface area contributed by atoms with Gasteiger partial charge in [-0.3, -0.25) is 4.68 Å². The zero-order chi connectivity index (χ0) is 11.0. The number of halogens is 1. The third-order valence-electron chi connectivity index (χ3n) is 3.43. The summed E-state index contributed by atoms with van der Waals surface area (Å²) in [5.74, 6) is 0.600. The van der Waals surface area contributed by atoms with E-state index in [2.05, 4.69) is 12.0 Å². The Balaban J connectivity index is 2.16. The average molecular weight is 228 g/mol. The largest absolute Gasteiger partial charge is 0.327 e. The van der Waals surface area contributed by atoms with Crippen molar-refractivity contribution in [3.63, 3.8) is 0 Å². The van der Waals surface area contributed by atoms with Gasteiger partial charge in [-0.1, -0.05) is 18.5 Å². The minimum absolute atomic E-state index is 0.362. The van der Waals surface area contributed by atoms with Crippen LogP contribution in [0.15, 0.2) is 0 Å². The zero-order valence-corrected chi connectivity index (χ0v) is 10.1. The summed E-state index contributed by atoms with van der Waals surface area (Å²) < 4.78 is 1.91. The minimum Gasteiger partial charge on any atom is -0.327 e. The van der Waals surface area contributed by atoms with E-state index in [0.29, 0.717) is 12.0 Å². The molecule has 0 spiro atoms. The highest BCUT2D eigenvalue weighted by molar-refractivity contribution is 6.31. The summed E-state index contributed by atoms with van der Waals surface area (Å²) >= 11 is 6.28. The maximum absolute atomic E-state index is 6.28. The van der Waals surface area contributed by atoms with Crippen molar-refractivity contribution in [3.8, 4) is 0 Å². The highest BCUT2D eigenvalue weighted by Gasteiger charge is 2.29. The lowest BCUT2D eigenvalue weighted by molar-refractivity contribution is 0.252. The smallest absolute Gasteiger partial charge is 0.0849 e. The summed E-state index contributed by atoms with van der Waals surface area (Å²) in [7, 11) is 1.96. The normalized spacial score (nSPS) is 25.3. The van der Waals surface area contributed by atoms with Gasteiger partial charge < -0.3 is 5.73 Å². The summed E-state index contributed by atoms with van der Waals surface area (Å²) in [6.45, 7) is 2.08. The van der Waals surface area contributed by atoms with Gasteiger partial charge in [0.05, 0.1) is 16.4 Å². The summed E-state index contributed by atoms with van der Waals surface area (Å²) in [4.78, 5) is 0. The molecule has 0 aliphatic heterocycles. The summed E-state index contributed by atoms with van der Waals surface area (Å²) in [6.07, 6.45) is 4.25. The van der Waals surface area contributed by atoms with Gasteiger partial charge in [0.2, 0.25) is 0 Å². The van der Waals surface area contributed by atoms with Crippen LogP contribution in [0, 0.1) is 5.92 Å². The molecule has 2 atom stereocenters. The van der Waals surface area contributed by atoms with Crippen molar-refractivity contribution in [3.05, 3.63) is 16.4 Å². The topological polar surface area (TPSA) is 43.8 Å². The van der Waals surface area contributed by atoms with Gasteiger partial charge in [-0.2, -0.15) is 5.10 Å². The molecule has 3 nitrogen and oxygen atoms in total. The summed E-state index contributed by atoms with van der Waals surface area (Å²) in [6, 6.07) is 0.362. The number of rotatable bonds is 3. The third kappa shape index (κ3) is 1.91. The number of aryl methyl sites for hydroxylation is 2. The first-order chi connectivity index (χ1) is 7.13. The molecule has 1 fully saturated rings. The molecule has 0 aromatic carbocycles. The van der Waals surface area contributed by atoms with Crippen LogP contribution in [-0.2, 0) is 19.9 Å². The molecule has 1 aliphatic rings. The van der Waals surface area contributed by atoms with Crippen molar-refractivity contribution in [2.75, 3.05) is 0 Å². The van der Waals surface area contributed by atoms with Gasteiger partial charge in [0.15, 0.2) is 0 Å². The van der Waals surface area contributed by atoms with Crippen LogP contribution in [0.2, 0.25) is 5.02 Å². The lowest BCUT2D eigenvalue weighted by atomic mass is 9.77. The zero-order valence-electron chi connectivity index (χ0n) is 9.33. The first kappa shape index (κ1) is 11.0. The van der Waals surface area contributed by atoms with E-state index in [4.69, 9.17) is 17.3 Å². The molecule has 4 heteroatoms. The van der Waals surface area contributed by atoms with E-state index >= 15 is 0 Å². The van der Waals surface area contributed by atoms with Gasteiger partial charge in [-0.05, 0) is 31.6 Å². The molecule has 0 bridgehead atoms. The van der Waals surface area contributed by atoms with Crippen molar-refractivity contribution in [1.82, 2.24) is 9.78 Å². The highest BCUT2D eigenvalue weighted by atomic mass is 35.5. The second kappa shape index (κ2) is 4.14. The van der Waals surface area contributed by atoms with Crippen LogP contribution in [0.3, 0.4) is 0 Å². The molecular weight excluding hydrogens is 210 g/mol. The predicted octanol–water partition coefficient (Wildman–Crippen LogP) is 1.92. The van der Waals surface area contributed by atoms with E-state index < -0.39 is 0 Å². The molecule has 0 amide bonds. The van der Waals surface area contributed by atoms with Crippen LogP contribution in [0.5, 0.6) is 0 Å². The van der Waals surface area contributed by atoms with E-state index in [1.54, 1.807) is 0 Å². The number of nitrogens with zero attached hydrogens (tertiary/aromatic N) is 2. The van der Waals surface area contributed by atoms with Crippen molar-refractivity contribution in [2.45, 2.75) is 38.6 Å². The Bertz CT molecular complexity index is 359. The molecule has 0 saturated heterocycles. The Morgan fingerprint density at radius 1 is 1.53 bits per heavy atom. The Hall–Kier alpha value is -0.540. The van der Waals surface area contributed by atoms with Gasteiger partial charge in [0, 0.05) is 13.1 Å². The van der Waals surface area contributed by atoms with Crippen LogP contribution < -0.4 is 5.73 Å². The van der Waals surface area contributed by atoms with Crippen LogP contribution in [0.1, 0.15) is 31.2 Å². The number of hydrogen-bond acceptors (Lipinski definition) is 2. The monoisotopic (exact) mass is 227 g/mol. The van der Waals surface area contributed by atoms with Crippen molar-refractivity contribution < 1.29 is 0 Å². The molecule has 0 radical (unpaired) electrons. The molecule has 2 rings (SSSR count). The maximum atomic E-state index is 6.28. The molecule has 15 heavy (non-hydrogen) atoms. The Morgan fingerprint density at radius 3 is 2.67 bits per heavy atom. The average Bonchev–Trinajstić information content (AvgIpc) is 2.49. The third-order valence-corrected chi connectivity index (χ3v) is 3.87. The molecule has 1 aromatic rings. The van der Waals surface area contributed by atoms with Gasteiger partial charge in [-0.25, -0.2) is 0 Å². The maximum Gasteiger partial charge on any atom is 0.0849 e. The van der Waals surface area contributed by atoms with Crippen LogP contribution in [-0.4, -0.2) is 15.8 Å². The van der Waals surface area contributed by atoms with E-state index in [9.17, 15) is 0 Å². The Labute approximate surface area is 95.6 Å². The van der Waals surface area contributed by atoms with E-state index in [1.807, 2.05) is 11.7 Å². The van der Waals surface area contributed by atoms with Gasteiger partial charge in [0.1, 0.15) is 0 Å². The molecule has 2 N–H and O–H groups in total. The first-order valence-electron chi connectivity index (χ1n) is 5.59. The van der Waals surface area contributed by atoms with Crippen LogP contribution >= 0.6 is 11.6 Å². The molecule has 84 valence electrons. The molecule has 1 heterocycles. The lowest BCUT2D eigenvalue weighted by Gasteiger charge is -2.33. The van der Waals surface area contributed by atoms with Gasteiger partial charge >= 0.3 is 0 Å². The lowest BCUT2D eigenvalue weighted by Crippen LogP contribution is -2.40. The van der Waals surface area contributed by atoms with Crippen LogP contribution in [0.4, 0.5) is 0 Å². The fourth-order valence-electron chi connectivity index (χ4n) is 2.14. The van der Waals surface area contributed by atoms with E-state index in [1.165, 1.54) is 6.42 Å². The van der Waals surface area contributed by atoms with Gasteiger partial charge in [-0.15, -0.1) is 0 Å². The van der Waals surface area contributed by atoms with Crippen molar-refractivity contribution in [1.29, 1.82) is 0 Å².